The molecule has 16 bridgehead atoms. The van der Waals surface area contributed by atoms with Crippen molar-refractivity contribution in [1.82, 2.24) is 0 Å². The molecular formula is C90H76Cl7N5O10. The van der Waals surface area contributed by atoms with E-state index in [1.807, 2.05) is 18.2 Å². The lowest BCUT2D eigenvalue weighted by Crippen LogP contribution is -2.38. The van der Waals surface area contributed by atoms with Gasteiger partial charge in [0, 0.05) is 20.1 Å². The minimum absolute atomic E-state index is 0.00389. The van der Waals surface area contributed by atoms with E-state index in [0.717, 1.165) is 32.1 Å². The minimum atomic E-state index is -0.215. The van der Waals surface area contributed by atoms with E-state index < -0.39 is 0 Å². The topological polar surface area (TPSA) is 187 Å². The van der Waals surface area contributed by atoms with Crippen molar-refractivity contribution in [1.29, 1.82) is 0 Å². The molecule has 5 aromatic rings. The molecule has 570 valence electrons. The molecule has 26 rings (SSSR count). The van der Waals surface area contributed by atoms with Gasteiger partial charge in [-0.1, -0.05) is 166 Å². The molecule has 5 saturated heterocycles. The van der Waals surface area contributed by atoms with Gasteiger partial charge in [-0.2, -0.15) is 0 Å². The number of hydrogen-bond donors (Lipinski definition) is 0. The molecule has 112 heavy (non-hydrogen) atoms. The van der Waals surface area contributed by atoms with Crippen LogP contribution in [0.4, 0.5) is 28.4 Å². The normalized spacial score (nSPS) is 42.4. The van der Waals surface area contributed by atoms with Crippen LogP contribution >= 0.6 is 81.2 Å². The zero-order chi connectivity index (χ0) is 76.5. The highest BCUT2D eigenvalue weighted by molar-refractivity contribution is 6.40. The Morgan fingerprint density at radius 3 is 0.759 bits per heavy atom. The van der Waals surface area contributed by atoms with Gasteiger partial charge in [-0.3, -0.25) is 47.9 Å². The molecule has 5 heterocycles. The summed E-state index contributed by atoms with van der Waals surface area (Å²) in [4.78, 5) is 136. The molecule has 0 radical (unpaired) electrons. The first-order valence-corrected chi connectivity index (χ1v) is 42.7. The van der Waals surface area contributed by atoms with Crippen LogP contribution in [0.25, 0.3) is 0 Å². The van der Waals surface area contributed by atoms with Crippen molar-refractivity contribution in [3.63, 3.8) is 0 Å². The van der Waals surface area contributed by atoms with Crippen molar-refractivity contribution < 1.29 is 47.9 Å². The van der Waals surface area contributed by atoms with Gasteiger partial charge in [0.2, 0.25) is 59.1 Å². The van der Waals surface area contributed by atoms with E-state index in [0.29, 0.717) is 170 Å². The minimum Gasteiger partial charge on any atom is -0.274 e. The molecule has 0 N–H and O–H groups in total. The van der Waals surface area contributed by atoms with Gasteiger partial charge in [-0.15, -0.1) is 0 Å². The standard InChI is InChI=1S/C20H17Cl2NO2.2C20H18ClNO2.C15H11Cl2NO2.C15H12ClNO2/c21-10-3-4-13(22)14(6-10)23-19(24)17-11-7-12(18(17)20(23)25)16-9-2-1-8(5-9)15(11)16;21-11-2-1-3-12(7-11)22-19(23)17-13-8-14(18(17)20(22)24)16-10-5-4-9(6-10)15(13)16;21-13-3-1-2-4-14(13)22-19(23)17-11-8-12(18(17)20(22)24)16-10-6-5-9(7-10)15(11)16;16-9-3-4-10(17)11(6-9)18-14(19)12-7-1-2-8(5-7)13(12)15(18)20;16-10-2-1-3-11(7-10)17-14(18)12-8-4-5-9(6-8)13(12)15(17)19/h1-4,6,8-9,11-12,15-18H,5,7H2;1-5,7,9-10,13-18H,6,8H2;1-6,9-12,15-18H,7-8H2;1-4,6-8,12-13H,5H2;1-5,7-9,12-13H,6H2. The van der Waals surface area contributed by atoms with E-state index in [2.05, 4.69) is 60.8 Å². The summed E-state index contributed by atoms with van der Waals surface area (Å²) < 4.78 is 0. The molecule has 5 aliphatic heterocycles. The van der Waals surface area contributed by atoms with Crippen molar-refractivity contribution in [3.8, 4) is 0 Å². The molecular weight excluding hydrogens is 1560 g/mol. The third-order valence-corrected chi connectivity index (χ3v) is 33.7. The predicted molar refractivity (Wildman–Crippen MR) is 424 cm³/mol. The van der Waals surface area contributed by atoms with Crippen LogP contribution < -0.4 is 24.5 Å². The maximum Gasteiger partial charge on any atom is 0.238 e. The zero-order valence-electron chi connectivity index (χ0n) is 60.3. The maximum atomic E-state index is 13.2. The van der Waals surface area contributed by atoms with E-state index in [1.165, 1.54) is 43.8 Å². The zero-order valence-corrected chi connectivity index (χ0v) is 65.6. The van der Waals surface area contributed by atoms with Crippen LogP contribution in [0.3, 0.4) is 0 Å². The first-order valence-electron chi connectivity index (χ1n) is 40.1. The summed E-state index contributed by atoms with van der Waals surface area (Å²) in [6.45, 7) is 0. The Hall–Kier alpha value is -7.47. The predicted octanol–water partition coefficient (Wildman–Crippen LogP) is 17.2. The highest BCUT2D eigenvalue weighted by atomic mass is 35.5. The van der Waals surface area contributed by atoms with E-state index in [4.69, 9.17) is 81.2 Å². The molecule has 32 unspecified atom stereocenters. The number of para-hydroxylation sites is 1. The third kappa shape index (κ3) is 9.91. The highest BCUT2D eigenvalue weighted by Gasteiger charge is 2.75. The molecule has 5 aromatic carbocycles. The molecule has 10 amide bonds. The summed E-state index contributed by atoms with van der Waals surface area (Å²) >= 11 is 42.8. The van der Waals surface area contributed by atoms with Crippen molar-refractivity contribution in [2.45, 2.75) is 51.4 Å². The molecule has 15 nitrogen and oxygen atoms in total. The Bertz CT molecular complexity index is 5090. The lowest BCUT2D eigenvalue weighted by molar-refractivity contribution is -0.124. The molecule has 22 heteroatoms. The second-order valence-corrected chi connectivity index (χ2v) is 38.8. The van der Waals surface area contributed by atoms with Gasteiger partial charge < -0.3 is 0 Å². The van der Waals surface area contributed by atoms with E-state index >= 15 is 0 Å². The number of benzene rings is 5. The van der Waals surface area contributed by atoms with Crippen LogP contribution in [-0.4, -0.2) is 59.1 Å². The number of fused-ring (bicyclic) bond motifs is 46. The Kier molecular flexibility index (Phi) is 16.4. The van der Waals surface area contributed by atoms with Crippen LogP contribution in [0.1, 0.15) is 51.4 Å². The van der Waals surface area contributed by atoms with Gasteiger partial charge in [0.25, 0.3) is 0 Å². The number of amides is 10. The number of allylic oxidation sites excluding steroid dienone is 10. The van der Waals surface area contributed by atoms with Gasteiger partial charge in [-0.05, 0) is 266 Å². The third-order valence-electron chi connectivity index (χ3n) is 31.8. The molecule has 21 aliphatic rings. The van der Waals surface area contributed by atoms with Crippen LogP contribution in [0.2, 0.25) is 35.2 Å². The molecule has 0 aromatic heterocycles. The average Bonchev–Trinajstić information content (AvgIpc) is 1.52. The number of hydrogen-bond acceptors (Lipinski definition) is 10. The summed E-state index contributed by atoms with van der Waals surface area (Å²) in [5, 5.41) is 3.30. The number of halogens is 7. The van der Waals surface area contributed by atoms with Gasteiger partial charge in [0.05, 0.1) is 103 Å². The first kappa shape index (κ1) is 71.1. The maximum absolute atomic E-state index is 13.2. The fourth-order valence-electron chi connectivity index (χ4n) is 28.6. The van der Waals surface area contributed by atoms with Crippen LogP contribution in [0.15, 0.2) is 170 Å². The Morgan fingerprint density at radius 1 is 0.214 bits per heavy atom. The van der Waals surface area contributed by atoms with E-state index in [9.17, 15) is 47.9 Å². The molecule has 16 fully saturated rings. The average molecular weight is 1640 g/mol. The van der Waals surface area contributed by atoms with Crippen molar-refractivity contribution in [3.05, 3.63) is 205 Å². The Labute approximate surface area is 682 Å². The summed E-state index contributed by atoms with van der Waals surface area (Å²) in [5.41, 5.74) is 2.65. The fourth-order valence-corrected chi connectivity index (χ4v) is 29.9. The summed E-state index contributed by atoms with van der Waals surface area (Å²) in [6, 6.07) is 31.1. The number of imide groups is 5. The second kappa shape index (κ2) is 25.8. The second-order valence-electron chi connectivity index (χ2n) is 35.8. The lowest BCUT2D eigenvalue weighted by atomic mass is 9.65. The van der Waals surface area contributed by atoms with E-state index in [1.54, 1.807) is 91.0 Å². The number of carbonyl (C=O) groups is 10. The Balaban J connectivity index is 0.0000000862. The van der Waals surface area contributed by atoms with Crippen LogP contribution in [0.5, 0.6) is 0 Å². The van der Waals surface area contributed by atoms with Crippen molar-refractivity contribution in [2.24, 2.45) is 189 Å². The number of anilines is 5. The SMILES string of the molecule is O=C1C2C3C=CC(C3)C2C(=O)N1c1cc(Cl)ccc1Cl.O=C1C2C3C=CC(C3)C2C(=O)N1c1cccc(Cl)c1.O=C1C2C3CC(C2C(=O)N1c1cc(Cl)ccc1Cl)C1C2C=CC(C2)C31.O=C1C2C3CC(C2C(=O)N1c1cccc(Cl)c1)C1C2C=CC(C2)C31.O=C1C2C3CC(C2C(=O)N1c1ccccc1Cl)C1C2C=CC(C2)C31. The van der Waals surface area contributed by atoms with Crippen molar-refractivity contribution >= 4 is 169 Å². The quantitative estimate of drug-likeness (QED) is 0.0931. The monoisotopic (exact) mass is 1630 g/mol. The largest absolute Gasteiger partial charge is 0.274 e. The number of carbonyl (C=O) groups excluding carboxylic acids is 10. The van der Waals surface area contributed by atoms with Gasteiger partial charge >= 0.3 is 0 Å². The highest BCUT2D eigenvalue weighted by Crippen LogP contribution is 2.74. The van der Waals surface area contributed by atoms with Gasteiger partial charge in [0.1, 0.15) is 0 Å². The van der Waals surface area contributed by atoms with Gasteiger partial charge in [-0.25, -0.2) is 24.5 Å². The van der Waals surface area contributed by atoms with Crippen LogP contribution in [-0.2, 0) is 47.9 Å². The first-order chi connectivity index (χ1) is 54.1. The number of rotatable bonds is 5. The number of nitrogens with zero attached hydrogens (tertiary/aromatic N) is 5. The van der Waals surface area contributed by atoms with Crippen LogP contribution in [0, 0.1) is 189 Å². The summed E-state index contributed by atoms with van der Waals surface area (Å²) in [5.74, 6) is 8.92. The van der Waals surface area contributed by atoms with Gasteiger partial charge in [0.15, 0.2) is 0 Å². The fraction of sp³-hybridized carbons (Fsp3) is 0.444. The Morgan fingerprint density at radius 2 is 0.455 bits per heavy atom. The molecule has 16 aliphatic carbocycles. The van der Waals surface area contributed by atoms with E-state index in [-0.39, 0.29) is 142 Å². The lowest BCUT2D eigenvalue weighted by Gasteiger charge is -2.36. The molecule has 0 spiro atoms. The summed E-state index contributed by atoms with van der Waals surface area (Å²) in [7, 11) is 0. The summed E-state index contributed by atoms with van der Waals surface area (Å²) in [6.07, 6.45) is 31.3. The van der Waals surface area contributed by atoms with Crippen molar-refractivity contribution in [2.75, 3.05) is 24.5 Å². The molecule has 11 saturated carbocycles. The smallest absolute Gasteiger partial charge is 0.238 e. The molecule has 32 atom stereocenters.